The van der Waals surface area contributed by atoms with E-state index in [4.69, 9.17) is 10.5 Å². The number of nitrogen functional groups attached to an aromatic ring is 1. The van der Waals surface area contributed by atoms with E-state index < -0.39 is 0 Å². The first-order valence-corrected chi connectivity index (χ1v) is 12.3. The summed E-state index contributed by atoms with van der Waals surface area (Å²) in [4.78, 5) is 21.2. The van der Waals surface area contributed by atoms with Crippen molar-refractivity contribution in [1.29, 1.82) is 10.5 Å². The van der Waals surface area contributed by atoms with Gasteiger partial charge < -0.3 is 15.8 Å². The van der Waals surface area contributed by atoms with Gasteiger partial charge in [0.15, 0.2) is 5.13 Å². The number of benzene rings is 2. The molecule has 35 heavy (non-hydrogen) atoms. The molecule has 2 aromatic heterocycles. The number of methoxy groups -OCH3 is 1. The highest BCUT2D eigenvalue weighted by molar-refractivity contribution is 7.99. The number of nitriles is 2. The number of hydrogen-bond donors (Lipinski definition) is 2. The monoisotopic (exact) mass is 500 g/mol. The highest BCUT2D eigenvalue weighted by atomic mass is 32.2. The smallest absolute Gasteiger partial charge is 0.226 e. The molecule has 0 atom stereocenters. The Morgan fingerprint density at radius 3 is 2.57 bits per heavy atom. The Balaban J connectivity index is 1.50. The summed E-state index contributed by atoms with van der Waals surface area (Å²) in [6.07, 6.45) is 0.177. The number of rotatable bonds is 7. The highest BCUT2D eigenvalue weighted by Crippen LogP contribution is 2.36. The number of amides is 1. The largest absolute Gasteiger partial charge is 0.497 e. The number of aryl methyl sites for hydroxylation is 1. The summed E-state index contributed by atoms with van der Waals surface area (Å²) in [7, 11) is 1.60. The number of nitrogens with one attached hydrogen (secondary N) is 1. The van der Waals surface area contributed by atoms with Gasteiger partial charge in [0.05, 0.1) is 22.9 Å². The zero-order valence-electron chi connectivity index (χ0n) is 19.0. The van der Waals surface area contributed by atoms with Crippen LogP contribution in [0.4, 0.5) is 10.9 Å². The predicted molar refractivity (Wildman–Crippen MR) is 138 cm³/mol. The lowest BCUT2D eigenvalue weighted by Gasteiger charge is -2.13. The average Bonchev–Trinajstić information content (AvgIpc) is 3.25. The van der Waals surface area contributed by atoms with Crippen LogP contribution in [0.3, 0.4) is 0 Å². The third kappa shape index (κ3) is 5.19. The molecule has 174 valence electrons. The van der Waals surface area contributed by atoms with Gasteiger partial charge in [0.25, 0.3) is 0 Å². The van der Waals surface area contributed by atoms with E-state index in [1.165, 1.54) is 23.1 Å². The Kier molecular flexibility index (Phi) is 7.16. The number of hydrogen-bond acceptors (Lipinski definition) is 9. The number of ether oxygens (including phenoxy) is 1. The third-order valence-electron chi connectivity index (χ3n) is 5.17. The molecule has 0 bridgehead atoms. The summed E-state index contributed by atoms with van der Waals surface area (Å²) < 4.78 is 6.14. The van der Waals surface area contributed by atoms with Crippen molar-refractivity contribution in [2.45, 2.75) is 18.4 Å². The van der Waals surface area contributed by atoms with Crippen LogP contribution in [0.25, 0.3) is 21.3 Å². The van der Waals surface area contributed by atoms with Crippen molar-refractivity contribution in [2.24, 2.45) is 0 Å². The molecule has 8 nitrogen and oxygen atoms in total. The van der Waals surface area contributed by atoms with Crippen LogP contribution in [0.2, 0.25) is 0 Å². The summed E-state index contributed by atoms with van der Waals surface area (Å²) >= 11 is 2.61. The third-order valence-corrected chi connectivity index (χ3v) is 7.08. The zero-order chi connectivity index (χ0) is 24.9. The number of nitrogens with two attached hydrogens (primary N) is 1. The number of anilines is 2. The molecule has 4 rings (SSSR count). The number of aromatic nitrogens is 2. The lowest BCUT2D eigenvalue weighted by molar-refractivity contribution is -0.115. The Labute approximate surface area is 210 Å². The van der Waals surface area contributed by atoms with Crippen molar-refractivity contribution in [3.8, 4) is 29.0 Å². The second kappa shape index (κ2) is 10.4. The van der Waals surface area contributed by atoms with Crippen LogP contribution < -0.4 is 15.8 Å². The van der Waals surface area contributed by atoms with E-state index in [0.29, 0.717) is 27.0 Å². The van der Waals surface area contributed by atoms with Crippen LogP contribution in [0.1, 0.15) is 23.1 Å². The van der Waals surface area contributed by atoms with Crippen LogP contribution in [0.5, 0.6) is 5.75 Å². The van der Waals surface area contributed by atoms with Gasteiger partial charge in [0.2, 0.25) is 5.91 Å². The van der Waals surface area contributed by atoms with E-state index in [1.807, 2.05) is 49.4 Å². The van der Waals surface area contributed by atoms with E-state index in [1.54, 1.807) is 7.11 Å². The first-order valence-electron chi connectivity index (χ1n) is 10.5. The molecular weight excluding hydrogens is 480 g/mol. The molecule has 1 amide bonds. The van der Waals surface area contributed by atoms with Crippen LogP contribution in [0, 0.1) is 29.6 Å². The van der Waals surface area contributed by atoms with Gasteiger partial charge in [-0.2, -0.15) is 10.5 Å². The van der Waals surface area contributed by atoms with E-state index in [-0.39, 0.29) is 29.3 Å². The first-order chi connectivity index (χ1) is 16.9. The molecule has 0 spiro atoms. The fourth-order valence-corrected chi connectivity index (χ4v) is 5.27. The van der Waals surface area contributed by atoms with E-state index in [0.717, 1.165) is 21.5 Å². The number of fused-ring (bicyclic) bond motifs is 1. The number of nitrogens with zero attached hydrogens (tertiary/aromatic N) is 4. The van der Waals surface area contributed by atoms with Gasteiger partial charge >= 0.3 is 0 Å². The van der Waals surface area contributed by atoms with Crippen LogP contribution >= 0.6 is 23.1 Å². The van der Waals surface area contributed by atoms with Crippen molar-refractivity contribution in [3.63, 3.8) is 0 Å². The average molecular weight is 501 g/mol. The normalized spacial score (nSPS) is 10.5. The van der Waals surface area contributed by atoms with Gasteiger partial charge in [-0.25, -0.2) is 9.97 Å². The highest BCUT2D eigenvalue weighted by Gasteiger charge is 2.20. The molecule has 0 aliphatic rings. The molecule has 0 aliphatic heterocycles. The SMILES string of the molecule is COc1ccc2nc(NC(=O)CCSc3nc(N)c(C#N)c(-c4ccc(C)cc4)c3C#N)sc2c1. The quantitative estimate of drug-likeness (QED) is 0.333. The summed E-state index contributed by atoms with van der Waals surface area (Å²) in [5.41, 5.74) is 9.50. The van der Waals surface area contributed by atoms with Crippen LogP contribution in [0.15, 0.2) is 47.5 Å². The van der Waals surface area contributed by atoms with Crippen molar-refractivity contribution >= 4 is 50.2 Å². The predicted octanol–water partition coefficient (Wildman–Crippen LogP) is 5.12. The van der Waals surface area contributed by atoms with Crippen molar-refractivity contribution in [3.05, 3.63) is 59.2 Å². The van der Waals surface area contributed by atoms with E-state index in [9.17, 15) is 15.3 Å². The van der Waals surface area contributed by atoms with Crippen LogP contribution in [-0.4, -0.2) is 28.7 Å². The molecule has 10 heteroatoms. The minimum atomic E-state index is -0.206. The second-order valence-corrected chi connectivity index (χ2v) is 9.63. The van der Waals surface area contributed by atoms with Crippen LogP contribution in [-0.2, 0) is 4.79 Å². The van der Waals surface area contributed by atoms with Crippen molar-refractivity contribution in [2.75, 3.05) is 23.9 Å². The number of carbonyl (C=O) groups excluding carboxylic acids is 1. The molecule has 2 aromatic carbocycles. The van der Waals surface area contributed by atoms with Gasteiger partial charge in [0, 0.05) is 17.7 Å². The van der Waals surface area contributed by atoms with Crippen molar-refractivity contribution in [1.82, 2.24) is 9.97 Å². The van der Waals surface area contributed by atoms with Gasteiger partial charge in [-0.1, -0.05) is 41.2 Å². The Hall–Kier alpha value is -4.12. The van der Waals surface area contributed by atoms with Gasteiger partial charge in [-0.05, 0) is 30.7 Å². The number of carbonyl (C=O) groups is 1. The Bertz CT molecular complexity index is 1500. The minimum absolute atomic E-state index is 0.0546. The molecule has 3 N–H and O–H groups in total. The zero-order valence-corrected chi connectivity index (χ0v) is 20.6. The Morgan fingerprint density at radius 1 is 1.14 bits per heavy atom. The summed E-state index contributed by atoms with van der Waals surface area (Å²) in [6.45, 7) is 1.96. The molecular formula is C25H20N6O2S2. The fraction of sp³-hybridized carbons (Fsp3) is 0.160. The van der Waals surface area contributed by atoms with Gasteiger partial charge in [0.1, 0.15) is 34.3 Å². The maximum Gasteiger partial charge on any atom is 0.226 e. The van der Waals surface area contributed by atoms with Crippen molar-refractivity contribution < 1.29 is 9.53 Å². The van der Waals surface area contributed by atoms with Gasteiger partial charge in [-0.15, -0.1) is 11.8 Å². The lowest BCUT2D eigenvalue weighted by Crippen LogP contribution is -2.12. The lowest BCUT2D eigenvalue weighted by atomic mass is 9.96. The molecule has 0 aliphatic carbocycles. The summed E-state index contributed by atoms with van der Waals surface area (Å²) in [5, 5.41) is 23.2. The molecule has 0 fully saturated rings. The maximum atomic E-state index is 12.5. The topological polar surface area (TPSA) is 138 Å². The van der Waals surface area contributed by atoms with E-state index >= 15 is 0 Å². The number of thiazole rings is 1. The summed E-state index contributed by atoms with van der Waals surface area (Å²) in [5.74, 6) is 0.939. The van der Waals surface area contributed by atoms with E-state index in [2.05, 4.69) is 27.4 Å². The second-order valence-electron chi connectivity index (χ2n) is 7.52. The number of pyridine rings is 1. The molecule has 4 aromatic rings. The maximum absolute atomic E-state index is 12.5. The first kappa shape index (κ1) is 24.0. The fourth-order valence-electron chi connectivity index (χ4n) is 3.42. The molecule has 2 heterocycles. The standard InChI is InChI=1S/C25H20N6O2S2/c1-14-3-5-15(6-4-14)22-17(12-26)23(28)31-24(18(22)13-27)34-10-9-21(32)30-25-29-19-8-7-16(33-2)11-20(19)35-25/h3-8,11H,9-10H2,1-2H3,(H2,28,31)(H,29,30,32). The summed E-state index contributed by atoms with van der Waals surface area (Å²) in [6, 6.07) is 17.3. The minimum Gasteiger partial charge on any atom is -0.497 e. The van der Waals surface area contributed by atoms with Gasteiger partial charge in [-0.3, -0.25) is 4.79 Å². The molecule has 0 saturated heterocycles. The molecule has 0 radical (unpaired) electrons. The molecule has 0 unspecified atom stereocenters. The number of thioether (sulfide) groups is 1. The Morgan fingerprint density at radius 2 is 1.89 bits per heavy atom. The molecule has 0 saturated carbocycles.